The van der Waals surface area contributed by atoms with Gasteiger partial charge >= 0.3 is 0 Å². The molecule has 0 N–H and O–H groups in total. The van der Waals surface area contributed by atoms with E-state index in [1.54, 1.807) is 20.8 Å². The zero-order valence-electron chi connectivity index (χ0n) is 6.45. The zero-order valence-corrected chi connectivity index (χ0v) is 6.45. The Bertz CT molecular complexity index is 89.3. The molecule has 0 amide bonds. The van der Waals surface area contributed by atoms with Crippen LogP contribution in [-0.2, 0) is 4.74 Å². The third-order valence-electron chi connectivity index (χ3n) is 0.698. The Morgan fingerprint density at radius 3 is 1.80 bits per heavy atom. The summed E-state index contributed by atoms with van der Waals surface area (Å²) < 4.78 is 27.7. The minimum absolute atomic E-state index is 0.0451. The fraction of sp³-hybridized carbons (Fsp3) is 1.00. The van der Waals surface area contributed by atoms with E-state index in [9.17, 15) is 8.78 Å². The van der Waals surface area contributed by atoms with Gasteiger partial charge in [-0.2, -0.15) is 8.78 Å². The Kier molecular flexibility index (Phi) is 2.83. The number of alkyl halides is 2. The third kappa shape index (κ3) is 7.88. The average Bonchev–Trinajstić information content (AvgIpc) is 1.57. The Morgan fingerprint density at radius 1 is 1.30 bits per heavy atom. The standard InChI is InChI=1S/C6H11BF2O/c1-5(2,3)4-10-6(7,8)9/h4H2,1-3H3. The maximum atomic E-state index is 11.8. The van der Waals surface area contributed by atoms with E-state index in [1.807, 2.05) is 0 Å². The topological polar surface area (TPSA) is 9.23 Å². The van der Waals surface area contributed by atoms with Crippen LogP contribution < -0.4 is 0 Å². The highest BCUT2D eigenvalue weighted by atomic mass is 19.3. The van der Waals surface area contributed by atoms with Gasteiger partial charge in [0.25, 0.3) is 6.01 Å². The molecule has 0 aromatic heterocycles. The number of halogens is 2. The van der Waals surface area contributed by atoms with Gasteiger partial charge in [0.15, 0.2) is 0 Å². The van der Waals surface area contributed by atoms with Gasteiger partial charge in [0.05, 0.1) is 6.61 Å². The predicted octanol–water partition coefficient (Wildman–Crippen LogP) is 1.77. The first kappa shape index (κ1) is 9.88. The molecule has 0 rings (SSSR count). The van der Waals surface area contributed by atoms with Crippen molar-refractivity contribution < 1.29 is 13.5 Å². The van der Waals surface area contributed by atoms with E-state index in [0.29, 0.717) is 0 Å². The quantitative estimate of drug-likeness (QED) is 0.542. The summed E-state index contributed by atoms with van der Waals surface area (Å²) in [5.74, 6) is 0. The lowest BCUT2D eigenvalue weighted by Crippen LogP contribution is -2.26. The highest BCUT2D eigenvalue weighted by Crippen LogP contribution is 2.18. The molecule has 0 saturated heterocycles. The third-order valence-corrected chi connectivity index (χ3v) is 0.698. The van der Waals surface area contributed by atoms with Crippen molar-refractivity contribution >= 4 is 7.85 Å². The largest absolute Gasteiger partial charge is 0.329 e. The molecular weight excluding hydrogens is 137 g/mol. The van der Waals surface area contributed by atoms with E-state index in [2.05, 4.69) is 12.6 Å². The monoisotopic (exact) mass is 148 g/mol. The molecule has 0 heterocycles. The van der Waals surface area contributed by atoms with Crippen LogP contribution in [0, 0.1) is 5.41 Å². The van der Waals surface area contributed by atoms with Crippen LogP contribution in [0.1, 0.15) is 20.8 Å². The number of hydrogen-bond acceptors (Lipinski definition) is 1. The fourth-order valence-corrected chi connectivity index (χ4v) is 0.313. The van der Waals surface area contributed by atoms with Crippen LogP contribution in [0.2, 0.25) is 0 Å². The predicted molar refractivity (Wildman–Crippen MR) is 36.1 cm³/mol. The van der Waals surface area contributed by atoms with Crippen molar-refractivity contribution in [2.45, 2.75) is 26.8 Å². The van der Waals surface area contributed by atoms with Crippen molar-refractivity contribution in [2.24, 2.45) is 5.41 Å². The first-order valence-corrected chi connectivity index (χ1v) is 3.01. The summed E-state index contributed by atoms with van der Waals surface area (Å²) >= 11 is 0. The van der Waals surface area contributed by atoms with Gasteiger partial charge in [0, 0.05) is 0 Å². The highest BCUT2D eigenvalue weighted by Gasteiger charge is 2.23. The van der Waals surface area contributed by atoms with Crippen molar-refractivity contribution in [3.8, 4) is 0 Å². The summed E-state index contributed by atoms with van der Waals surface area (Å²) in [5, 5.41) is 0. The van der Waals surface area contributed by atoms with Crippen molar-refractivity contribution in [3.63, 3.8) is 0 Å². The van der Waals surface area contributed by atoms with Crippen molar-refractivity contribution in [2.75, 3.05) is 6.61 Å². The summed E-state index contributed by atoms with van der Waals surface area (Å²) in [6, 6.07) is -3.49. The molecule has 0 aromatic carbocycles. The fourth-order valence-electron chi connectivity index (χ4n) is 0.313. The second-order valence-electron chi connectivity index (χ2n) is 3.41. The minimum atomic E-state index is -3.49. The van der Waals surface area contributed by atoms with Gasteiger partial charge in [-0.05, 0) is 5.41 Å². The number of rotatable bonds is 2. The lowest BCUT2D eigenvalue weighted by atomic mass is 9.98. The van der Waals surface area contributed by atoms with E-state index in [0.717, 1.165) is 0 Å². The molecule has 0 unspecified atom stereocenters. The Hall–Kier alpha value is -0.115. The molecule has 0 aliphatic carbocycles. The Morgan fingerprint density at radius 2 is 1.70 bits per heavy atom. The average molecular weight is 148 g/mol. The van der Waals surface area contributed by atoms with E-state index < -0.39 is 6.01 Å². The summed E-state index contributed by atoms with van der Waals surface area (Å²) in [5.41, 5.74) is -0.275. The molecule has 0 fully saturated rings. The molecule has 2 radical (unpaired) electrons. The summed E-state index contributed by atoms with van der Waals surface area (Å²) in [6.45, 7) is 5.33. The van der Waals surface area contributed by atoms with E-state index in [1.165, 1.54) is 0 Å². The van der Waals surface area contributed by atoms with Crippen LogP contribution in [0.3, 0.4) is 0 Å². The number of ether oxygens (including phenoxy) is 1. The highest BCUT2D eigenvalue weighted by molar-refractivity contribution is 6.12. The van der Waals surface area contributed by atoms with E-state index in [-0.39, 0.29) is 12.0 Å². The smallest absolute Gasteiger partial charge is 0.296 e. The maximum Gasteiger partial charge on any atom is 0.296 e. The molecule has 0 spiro atoms. The van der Waals surface area contributed by atoms with Crippen molar-refractivity contribution in [1.82, 2.24) is 0 Å². The van der Waals surface area contributed by atoms with Crippen LogP contribution in [0.4, 0.5) is 8.78 Å². The van der Waals surface area contributed by atoms with Crippen molar-refractivity contribution in [3.05, 3.63) is 0 Å². The molecule has 4 heteroatoms. The molecule has 0 atom stereocenters. The van der Waals surface area contributed by atoms with E-state index in [4.69, 9.17) is 0 Å². The summed E-state index contributed by atoms with van der Waals surface area (Å²) in [4.78, 5) is 0. The SMILES string of the molecule is [B]C(F)(F)OCC(C)(C)C. The van der Waals surface area contributed by atoms with Gasteiger partial charge in [0.1, 0.15) is 0 Å². The minimum Gasteiger partial charge on any atom is -0.329 e. The Labute approximate surface area is 61.2 Å². The van der Waals surface area contributed by atoms with Crippen LogP contribution in [0.25, 0.3) is 0 Å². The molecule has 0 aliphatic heterocycles. The van der Waals surface area contributed by atoms with Gasteiger partial charge in [0.2, 0.25) is 7.85 Å². The number of hydrogen-bond donors (Lipinski definition) is 0. The summed E-state index contributed by atoms with van der Waals surface area (Å²) in [7, 11) is 4.29. The van der Waals surface area contributed by atoms with Gasteiger partial charge in [-0.15, -0.1) is 0 Å². The summed E-state index contributed by atoms with van der Waals surface area (Å²) in [6.07, 6.45) is 0. The molecule has 58 valence electrons. The van der Waals surface area contributed by atoms with E-state index >= 15 is 0 Å². The second kappa shape index (κ2) is 2.87. The second-order valence-corrected chi connectivity index (χ2v) is 3.41. The first-order chi connectivity index (χ1) is 4.21. The van der Waals surface area contributed by atoms with Crippen LogP contribution >= 0.6 is 0 Å². The van der Waals surface area contributed by atoms with Crippen molar-refractivity contribution in [1.29, 1.82) is 0 Å². The molecule has 0 bridgehead atoms. The first-order valence-electron chi connectivity index (χ1n) is 3.01. The van der Waals surface area contributed by atoms with Crippen LogP contribution in [0.15, 0.2) is 0 Å². The maximum absolute atomic E-state index is 11.8. The van der Waals surface area contributed by atoms with Gasteiger partial charge in [-0.3, -0.25) is 0 Å². The van der Waals surface area contributed by atoms with Gasteiger partial charge in [-0.1, -0.05) is 20.8 Å². The zero-order chi connectivity index (χ0) is 8.41. The molecule has 1 nitrogen and oxygen atoms in total. The molecule has 10 heavy (non-hydrogen) atoms. The molecular formula is C6H11BF2O. The Balaban J connectivity index is 3.56. The normalized spacial score (nSPS) is 13.7. The molecule has 0 saturated carbocycles. The van der Waals surface area contributed by atoms with Gasteiger partial charge < -0.3 is 4.74 Å². The van der Waals surface area contributed by atoms with Crippen LogP contribution in [0.5, 0.6) is 0 Å². The molecule has 0 aromatic rings. The lowest BCUT2D eigenvalue weighted by molar-refractivity contribution is -0.185. The lowest BCUT2D eigenvalue weighted by Gasteiger charge is -2.21. The van der Waals surface area contributed by atoms with Crippen LogP contribution in [-0.4, -0.2) is 20.5 Å². The van der Waals surface area contributed by atoms with Gasteiger partial charge in [-0.25, -0.2) is 0 Å². The molecule has 0 aliphatic rings.